The van der Waals surface area contributed by atoms with Crippen molar-refractivity contribution in [3.05, 3.63) is 35.4 Å². The summed E-state index contributed by atoms with van der Waals surface area (Å²) in [5.74, 6) is 1.75. The Morgan fingerprint density at radius 3 is 2.43 bits per heavy atom. The molecule has 3 rings (SSSR count). The van der Waals surface area contributed by atoms with E-state index in [9.17, 15) is 0 Å². The molecule has 21 heavy (non-hydrogen) atoms. The fourth-order valence-corrected chi connectivity index (χ4v) is 3.69. The number of methoxy groups -OCH3 is 2. The molecule has 2 unspecified atom stereocenters. The molecule has 2 atom stereocenters. The van der Waals surface area contributed by atoms with E-state index in [1.165, 1.54) is 31.2 Å². The number of fused-ring (bicyclic) bond motifs is 2. The average molecular weight is 287 g/mol. The van der Waals surface area contributed by atoms with Crippen molar-refractivity contribution in [1.82, 2.24) is 4.90 Å². The van der Waals surface area contributed by atoms with E-state index in [1.807, 2.05) is 6.07 Å². The van der Waals surface area contributed by atoms with Crippen molar-refractivity contribution in [1.29, 1.82) is 0 Å². The zero-order valence-corrected chi connectivity index (χ0v) is 13.3. The van der Waals surface area contributed by atoms with Crippen LogP contribution in [0.25, 0.3) is 0 Å². The van der Waals surface area contributed by atoms with Crippen molar-refractivity contribution in [2.45, 2.75) is 44.2 Å². The van der Waals surface area contributed by atoms with Crippen molar-refractivity contribution in [3.8, 4) is 11.5 Å². The van der Waals surface area contributed by atoms with Gasteiger partial charge in [0.05, 0.1) is 14.2 Å². The summed E-state index contributed by atoms with van der Waals surface area (Å²) in [5.41, 5.74) is 2.85. The van der Waals surface area contributed by atoms with Crippen LogP contribution in [-0.2, 0) is 6.42 Å². The maximum Gasteiger partial charge on any atom is 0.122 e. The van der Waals surface area contributed by atoms with Gasteiger partial charge in [-0.05, 0) is 50.4 Å². The monoisotopic (exact) mass is 287 g/mol. The second kappa shape index (κ2) is 6.10. The molecule has 2 bridgehead atoms. The van der Waals surface area contributed by atoms with Gasteiger partial charge in [-0.25, -0.2) is 0 Å². The molecule has 1 aromatic carbocycles. The van der Waals surface area contributed by atoms with Crippen molar-refractivity contribution < 1.29 is 9.47 Å². The van der Waals surface area contributed by atoms with Crippen LogP contribution in [0.2, 0.25) is 0 Å². The van der Waals surface area contributed by atoms with Crippen molar-refractivity contribution in [2.24, 2.45) is 0 Å². The second-order valence-corrected chi connectivity index (χ2v) is 6.24. The Bertz CT molecular complexity index is 516. The van der Waals surface area contributed by atoms with Gasteiger partial charge in [0.15, 0.2) is 0 Å². The van der Waals surface area contributed by atoms with Crippen LogP contribution in [0.3, 0.4) is 0 Å². The van der Waals surface area contributed by atoms with Crippen LogP contribution in [0.15, 0.2) is 29.8 Å². The van der Waals surface area contributed by atoms with Crippen LogP contribution in [0, 0.1) is 0 Å². The topological polar surface area (TPSA) is 21.7 Å². The zero-order chi connectivity index (χ0) is 14.8. The molecule has 3 heteroatoms. The van der Waals surface area contributed by atoms with Gasteiger partial charge in [-0.1, -0.05) is 18.1 Å². The molecular formula is C18H25NO2. The predicted molar refractivity (Wildman–Crippen MR) is 85.1 cm³/mol. The Morgan fingerprint density at radius 2 is 1.81 bits per heavy atom. The van der Waals surface area contributed by atoms with Gasteiger partial charge >= 0.3 is 0 Å². The number of hydrogen-bond donors (Lipinski definition) is 0. The summed E-state index contributed by atoms with van der Waals surface area (Å²) < 4.78 is 10.7. The molecule has 0 aliphatic carbocycles. The fourth-order valence-electron chi connectivity index (χ4n) is 3.69. The Labute approximate surface area is 127 Å². The third-order valence-electron chi connectivity index (χ3n) is 4.90. The molecule has 1 fully saturated rings. The van der Waals surface area contributed by atoms with E-state index in [0.717, 1.165) is 24.0 Å². The quantitative estimate of drug-likeness (QED) is 0.792. The Balaban J connectivity index is 1.80. The molecule has 1 aromatic rings. The van der Waals surface area contributed by atoms with Gasteiger partial charge in [0.25, 0.3) is 0 Å². The van der Waals surface area contributed by atoms with Crippen LogP contribution >= 0.6 is 0 Å². The minimum Gasteiger partial charge on any atom is -0.497 e. The van der Waals surface area contributed by atoms with E-state index in [4.69, 9.17) is 9.47 Å². The standard InChI is InChI=1S/C18H25NO2/c1-19-15-5-4-6-16(19)9-13(8-15)7-14-10-17(20-2)12-18(11-14)21-3/h8,10-12,15-16H,4-7,9H2,1-3H3. The van der Waals surface area contributed by atoms with Crippen LogP contribution in [0.4, 0.5) is 0 Å². The summed E-state index contributed by atoms with van der Waals surface area (Å²) in [7, 11) is 5.69. The summed E-state index contributed by atoms with van der Waals surface area (Å²) in [6.07, 6.45) is 8.71. The lowest BCUT2D eigenvalue weighted by atomic mass is 9.83. The largest absolute Gasteiger partial charge is 0.497 e. The number of nitrogens with zero attached hydrogens (tertiary/aromatic N) is 1. The molecule has 2 aliphatic rings. The lowest BCUT2D eigenvalue weighted by molar-refractivity contribution is 0.129. The van der Waals surface area contributed by atoms with Crippen LogP contribution in [-0.4, -0.2) is 38.3 Å². The van der Waals surface area contributed by atoms with Crippen LogP contribution in [0.5, 0.6) is 11.5 Å². The van der Waals surface area contributed by atoms with Gasteiger partial charge in [-0.2, -0.15) is 0 Å². The van der Waals surface area contributed by atoms with Crippen molar-refractivity contribution in [2.75, 3.05) is 21.3 Å². The first-order valence-corrected chi connectivity index (χ1v) is 7.83. The molecule has 0 spiro atoms. The summed E-state index contributed by atoms with van der Waals surface area (Å²) in [6.45, 7) is 0. The zero-order valence-electron chi connectivity index (χ0n) is 13.3. The number of likely N-dealkylation sites (N-methyl/N-ethyl adjacent to an activating group) is 1. The number of hydrogen-bond acceptors (Lipinski definition) is 3. The Morgan fingerprint density at radius 1 is 1.10 bits per heavy atom. The maximum atomic E-state index is 5.37. The fraction of sp³-hybridized carbons (Fsp3) is 0.556. The molecule has 1 saturated heterocycles. The highest BCUT2D eigenvalue weighted by Gasteiger charge is 2.30. The third kappa shape index (κ3) is 3.08. The molecule has 0 amide bonds. The van der Waals surface area contributed by atoms with Crippen LogP contribution < -0.4 is 9.47 Å². The molecule has 0 aromatic heterocycles. The molecular weight excluding hydrogens is 262 g/mol. The van der Waals surface area contributed by atoms with E-state index in [1.54, 1.807) is 19.8 Å². The normalized spacial score (nSPS) is 25.4. The Kier molecular flexibility index (Phi) is 4.20. The van der Waals surface area contributed by atoms with Gasteiger partial charge in [-0.3, -0.25) is 4.90 Å². The molecule has 2 aliphatic heterocycles. The van der Waals surface area contributed by atoms with Crippen molar-refractivity contribution >= 4 is 0 Å². The highest BCUT2D eigenvalue weighted by atomic mass is 16.5. The molecule has 0 N–H and O–H groups in total. The van der Waals surface area contributed by atoms with Gasteiger partial charge < -0.3 is 9.47 Å². The van der Waals surface area contributed by atoms with Gasteiger partial charge in [0.1, 0.15) is 11.5 Å². The number of benzene rings is 1. The lowest BCUT2D eigenvalue weighted by Gasteiger charge is -2.42. The first kappa shape index (κ1) is 14.5. The first-order chi connectivity index (χ1) is 10.2. The van der Waals surface area contributed by atoms with Gasteiger partial charge in [0, 0.05) is 18.2 Å². The highest BCUT2D eigenvalue weighted by Crippen LogP contribution is 2.34. The summed E-state index contributed by atoms with van der Waals surface area (Å²) >= 11 is 0. The summed E-state index contributed by atoms with van der Waals surface area (Å²) in [4.78, 5) is 2.55. The minimum atomic E-state index is 0.639. The Hall–Kier alpha value is -1.48. The SMILES string of the molecule is COc1cc(CC2=CC3CCCC(C2)N3C)cc(OC)c1. The molecule has 0 saturated carbocycles. The van der Waals surface area contributed by atoms with E-state index >= 15 is 0 Å². The maximum absolute atomic E-state index is 5.37. The minimum absolute atomic E-state index is 0.639. The van der Waals surface area contributed by atoms with E-state index in [2.05, 4.69) is 30.2 Å². The molecule has 2 heterocycles. The lowest BCUT2D eigenvalue weighted by Crippen LogP contribution is -2.46. The average Bonchev–Trinajstić information content (AvgIpc) is 2.48. The predicted octanol–water partition coefficient (Wildman–Crippen LogP) is 3.43. The summed E-state index contributed by atoms with van der Waals surface area (Å²) in [6, 6.07) is 7.55. The molecule has 3 nitrogen and oxygen atoms in total. The van der Waals surface area contributed by atoms with E-state index in [0.29, 0.717) is 6.04 Å². The summed E-state index contributed by atoms with van der Waals surface area (Å²) in [5, 5.41) is 0. The number of piperidine rings is 1. The van der Waals surface area contributed by atoms with Gasteiger partial charge in [0.2, 0.25) is 0 Å². The molecule has 114 valence electrons. The van der Waals surface area contributed by atoms with Crippen molar-refractivity contribution in [3.63, 3.8) is 0 Å². The third-order valence-corrected chi connectivity index (χ3v) is 4.90. The highest BCUT2D eigenvalue weighted by molar-refractivity contribution is 5.40. The van der Waals surface area contributed by atoms with E-state index < -0.39 is 0 Å². The van der Waals surface area contributed by atoms with Crippen LogP contribution in [0.1, 0.15) is 31.2 Å². The smallest absolute Gasteiger partial charge is 0.122 e. The number of rotatable bonds is 4. The second-order valence-electron chi connectivity index (χ2n) is 6.24. The van der Waals surface area contributed by atoms with E-state index in [-0.39, 0.29) is 0 Å². The first-order valence-electron chi connectivity index (χ1n) is 7.83. The number of ether oxygens (including phenoxy) is 2. The van der Waals surface area contributed by atoms with Gasteiger partial charge in [-0.15, -0.1) is 0 Å². The molecule has 0 radical (unpaired) electrons.